The third-order valence-electron chi connectivity index (χ3n) is 3.05. The van der Waals surface area contributed by atoms with Gasteiger partial charge in [-0.05, 0) is 38.1 Å². The zero-order chi connectivity index (χ0) is 12.1. The second kappa shape index (κ2) is 5.55. The van der Waals surface area contributed by atoms with Gasteiger partial charge in [0.05, 0.1) is 18.4 Å². The van der Waals surface area contributed by atoms with Crippen LogP contribution in [0.3, 0.4) is 0 Å². The highest BCUT2D eigenvalue weighted by Crippen LogP contribution is 2.23. The molecule has 0 radical (unpaired) electrons. The number of nitrogens with one attached hydrogen (secondary N) is 2. The van der Waals surface area contributed by atoms with Gasteiger partial charge in [0.1, 0.15) is 11.8 Å². The van der Waals surface area contributed by atoms with E-state index in [1.807, 2.05) is 12.1 Å². The summed E-state index contributed by atoms with van der Waals surface area (Å²) in [7, 11) is 1.63. The Kier molecular flexibility index (Phi) is 3.84. The van der Waals surface area contributed by atoms with Crippen molar-refractivity contribution in [3.63, 3.8) is 0 Å². The summed E-state index contributed by atoms with van der Waals surface area (Å²) in [6, 6.07) is 8.14. The lowest BCUT2D eigenvalue weighted by atomic mass is 10.1. The number of hydrogen-bond donors (Lipinski definition) is 2. The van der Waals surface area contributed by atoms with Gasteiger partial charge in [0.15, 0.2) is 0 Å². The largest absolute Gasteiger partial charge is 0.497 e. The maximum atomic E-state index is 9.07. The van der Waals surface area contributed by atoms with Crippen LogP contribution >= 0.6 is 0 Å². The van der Waals surface area contributed by atoms with Crippen LogP contribution in [0.15, 0.2) is 18.2 Å². The fourth-order valence-electron chi connectivity index (χ4n) is 2.05. The fourth-order valence-corrected chi connectivity index (χ4v) is 2.05. The van der Waals surface area contributed by atoms with E-state index in [-0.39, 0.29) is 0 Å². The molecule has 0 aromatic heterocycles. The van der Waals surface area contributed by atoms with E-state index >= 15 is 0 Å². The molecule has 2 rings (SSSR count). The van der Waals surface area contributed by atoms with E-state index in [2.05, 4.69) is 16.7 Å². The molecule has 1 aromatic rings. The Balaban J connectivity index is 2.14. The van der Waals surface area contributed by atoms with Gasteiger partial charge in [-0.25, -0.2) is 0 Å². The van der Waals surface area contributed by atoms with Crippen LogP contribution in [0.5, 0.6) is 5.75 Å². The highest BCUT2D eigenvalue weighted by atomic mass is 16.5. The summed E-state index contributed by atoms with van der Waals surface area (Å²) in [5.74, 6) is 0.778. The molecular formula is C13H17N3O. The quantitative estimate of drug-likeness (QED) is 0.831. The third-order valence-corrected chi connectivity index (χ3v) is 3.05. The van der Waals surface area contributed by atoms with Crippen molar-refractivity contribution in [1.29, 1.82) is 5.26 Å². The second-order valence-corrected chi connectivity index (χ2v) is 4.19. The molecule has 1 aliphatic heterocycles. The normalized spacial score (nSPS) is 16.2. The molecule has 4 nitrogen and oxygen atoms in total. The molecule has 0 atom stereocenters. The molecule has 0 bridgehead atoms. The number of methoxy groups -OCH3 is 1. The Morgan fingerprint density at radius 1 is 1.41 bits per heavy atom. The Hall–Kier alpha value is -1.73. The van der Waals surface area contributed by atoms with Gasteiger partial charge in [-0.2, -0.15) is 5.26 Å². The molecule has 0 aliphatic carbocycles. The number of ether oxygens (including phenoxy) is 1. The van der Waals surface area contributed by atoms with E-state index in [1.54, 1.807) is 13.2 Å². The van der Waals surface area contributed by atoms with Crippen molar-refractivity contribution in [2.24, 2.45) is 0 Å². The Labute approximate surface area is 102 Å². The number of benzene rings is 1. The van der Waals surface area contributed by atoms with Gasteiger partial charge < -0.3 is 15.4 Å². The smallest absolute Gasteiger partial charge is 0.121 e. The molecule has 0 saturated carbocycles. The molecule has 1 aliphatic rings. The lowest BCUT2D eigenvalue weighted by Gasteiger charge is -2.25. The van der Waals surface area contributed by atoms with E-state index in [1.165, 1.54) is 0 Å². The highest BCUT2D eigenvalue weighted by Gasteiger charge is 2.14. The summed E-state index contributed by atoms with van der Waals surface area (Å²) < 4.78 is 5.18. The predicted octanol–water partition coefficient (Wildman–Crippen LogP) is 1.73. The van der Waals surface area contributed by atoms with Crippen LogP contribution in [0.2, 0.25) is 0 Å². The Bertz CT molecular complexity index is 419. The molecule has 2 N–H and O–H groups in total. The van der Waals surface area contributed by atoms with Gasteiger partial charge in [-0.1, -0.05) is 0 Å². The maximum Gasteiger partial charge on any atom is 0.121 e. The molecular weight excluding hydrogens is 214 g/mol. The number of rotatable bonds is 3. The summed E-state index contributed by atoms with van der Waals surface area (Å²) in [6.45, 7) is 2.06. The zero-order valence-electron chi connectivity index (χ0n) is 9.99. The number of nitriles is 1. The SMILES string of the molecule is COc1ccc(C#N)c(NC2CCNCC2)c1. The molecule has 1 aromatic carbocycles. The lowest BCUT2D eigenvalue weighted by Crippen LogP contribution is -2.35. The number of hydrogen-bond acceptors (Lipinski definition) is 4. The lowest BCUT2D eigenvalue weighted by molar-refractivity contribution is 0.414. The first-order valence-electron chi connectivity index (χ1n) is 5.89. The van der Waals surface area contributed by atoms with Crippen molar-refractivity contribution in [3.8, 4) is 11.8 Å². The van der Waals surface area contributed by atoms with E-state index < -0.39 is 0 Å². The van der Waals surface area contributed by atoms with Gasteiger partial charge in [-0.15, -0.1) is 0 Å². The summed E-state index contributed by atoms with van der Waals surface area (Å²) in [5, 5.41) is 15.8. The zero-order valence-corrected chi connectivity index (χ0v) is 9.99. The van der Waals surface area contributed by atoms with Crippen molar-refractivity contribution >= 4 is 5.69 Å². The van der Waals surface area contributed by atoms with Crippen LogP contribution in [-0.4, -0.2) is 26.2 Å². The highest BCUT2D eigenvalue weighted by molar-refractivity contribution is 5.60. The van der Waals surface area contributed by atoms with Crippen LogP contribution in [-0.2, 0) is 0 Å². The minimum absolute atomic E-state index is 0.440. The van der Waals surface area contributed by atoms with Crippen LogP contribution in [0.4, 0.5) is 5.69 Å². The average Bonchev–Trinajstić information content (AvgIpc) is 2.40. The van der Waals surface area contributed by atoms with E-state index in [9.17, 15) is 0 Å². The first-order valence-corrected chi connectivity index (χ1v) is 5.89. The molecule has 1 heterocycles. The van der Waals surface area contributed by atoms with Crippen molar-refractivity contribution in [2.75, 3.05) is 25.5 Å². The Morgan fingerprint density at radius 3 is 2.82 bits per heavy atom. The third kappa shape index (κ3) is 2.89. The topological polar surface area (TPSA) is 57.1 Å². The van der Waals surface area contributed by atoms with Crippen LogP contribution in [0, 0.1) is 11.3 Å². The number of nitrogens with zero attached hydrogens (tertiary/aromatic N) is 1. The van der Waals surface area contributed by atoms with Crippen LogP contribution in [0.1, 0.15) is 18.4 Å². The predicted molar refractivity (Wildman–Crippen MR) is 67.2 cm³/mol. The van der Waals surface area contributed by atoms with Gasteiger partial charge >= 0.3 is 0 Å². The summed E-state index contributed by atoms with van der Waals surface area (Å²) in [4.78, 5) is 0. The van der Waals surface area contributed by atoms with Crippen molar-refractivity contribution in [2.45, 2.75) is 18.9 Å². The molecule has 90 valence electrons. The van der Waals surface area contributed by atoms with Crippen molar-refractivity contribution in [1.82, 2.24) is 5.32 Å². The fraction of sp³-hybridized carbons (Fsp3) is 0.462. The summed E-state index contributed by atoms with van der Waals surface area (Å²) >= 11 is 0. The van der Waals surface area contributed by atoms with E-state index in [0.29, 0.717) is 11.6 Å². The molecule has 1 saturated heterocycles. The molecule has 4 heteroatoms. The molecule has 17 heavy (non-hydrogen) atoms. The van der Waals surface area contributed by atoms with E-state index in [0.717, 1.165) is 37.4 Å². The van der Waals surface area contributed by atoms with Crippen molar-refractivity contribution in [3.05, 3.63) is 23.8 Å². The number of anilines is 1. The summed E-state index contributed by atoms with van der Waals surface area (Å²) in [6.07, 6.45) is 2.17. The van der Waals surface area contributed by atoms with Crippen molar-refractivity contribution < 1.29 is 4.74 Å². The van der Waals surface area contributed by atoms with Gasteiger partial charge in [0, 0.05) is 12.1 Å². The van der Waals surface area contributed by atoms with Gasteiger partial charge in [0.2, 0.25) is 0 Å². The monoisotopic (exact) mass is 231 g/mol. The second-order valence-electron chi connectivity index (χ2n) is 4.19. The average molecular weight is 231 g/mol. The molecule has 0 amide bonds. The minimum atomic E-state index is 0.440. The first kappa shape index (κ1) is 11.7. The summed E-state index contributed by atoms with van der Waals surface area (Å²) in [5.41, 5.74) is 1.54. The van der Waals surface area contributed by atoms with Gasteiger partial charge in [0.25, 0.3) is 0 Å². The van der Waals surface area contributed by atoms with E-state index in [4.69, 9.17) is 10.00 Å². The Morgan fingerprint density at radius 2 is 2.18 bits per heavy atom. The molecule has 1 fully saturated rings. The first-order chi connectivity index (χ1) is 8.33. The standard InChI is InChI=1S/C13H17N3O/c1-17-12-3-2-10(9-14)13(8-12)16-11-4-6-15-7-5-11/h2-3,8,11,15-16H,4-7H2,1H3. The molecule has 0 spiro atoms. The van der Waals surface area contributed by atoms with Crippen LogP contribution < -0.4 is 15.4 Å². The minimum Gasteiger partial charge on any atom is -0.497 e. The maximum absolute atomic E-state index is 9.07. The van der Waals surface area contributed by atoms with Gasteiger partial charge in [-0.3, -0.25) is 0 Å². The van der Waals surface area contributed by atoms with Crippen LogP contribution in [0.25, 0.3) is 0 Å². The number of piperidine rings is 1. The molecule has 0 unspecified atom stereocenters.